The Labute approximate surface area is 165 Å². The molecular formula is C21H26N2O5. The summed E-state index contributed by atoms with van der Waals surface area (Å²) in [6.07, 6.45) is -0.558. The van der Waals surface area contributed by atoms with E-state index in [4.69, 9.17) is 14.2 Å². The lowest BCUT2D eigenvalue weighted by atomic mass is 10.2. The molecule has 0 fully saturated rings. The van der Waals surface area contributed by atoms with Crippen molar-refractivity contribution in [2.75, 3.05) is 19.1 Å². The number of amides is 1. The van der Waals surface area contributed by atoms with Crippen LogP contribution in [0.5, 0.6) is 5.75 Å². The standard InChI is InChI=1S/C21H26N2O5/c1-14-11-16(19(24)27-6)12-18(22-14)23(20(25)28-21(2,3)4)13-15-7-9-17(26-5)10-8-15/h7-12H,13H2,1-6H3. The van der Waals surface area contributed by atoms with E-state index < -0.39 is 17.7 Å². The monoisotopic (exact) mass is 386 g/mol. The SMILES string of the molecule is COC(=O)c1cc(C)nc(N(Cc2ccc(OC)cc2)C(=O)OC(C)(C)C)c1. The van der Waals surface area contributed by atoms with Crippen molar-refractivity contribution < 1.29 is 23.8 Å². The summed E-state index contributed by atoms with van der Waals surface area (Å²) in [6.45, 7) is 7.34. The first-order valence-corrected chi connectivity index (χ1v) is 8.83. The number of carbonyl (C=O) groups excluding carboxylic acids is 2. The quantitative estimate of drug-likeness (QED) is 0.719. The summed E-state index contributed by atoms with van der Waals surface area (Å²) < 4.78 is 15.5. The number of aryl methyl sites for hydroxylation is 1. The van der Waals surface area contributed by atoms with Gasteiger partial charge < -0.3 is 14.2 Å². The molecule has 1 heterocycles. The zero-order valence-corrected chi connectivity index (χ0v) is 17.1. The van der Waals surface area contributed by atoms with Crippen molar-refractivity contribution in [3.8, 4) is 5.75 Å². The molecule has 1 amide bonds. The molecule has 7 heteroatoms. The van der Waals surface area contributed by atoms with Crippen molar-refractivity contribution >= 4 is 17.9 Å². The second kappa shape index (κ2) is 8.73. The highest BCUT2D eigenvalue weighted by atomic mass is 16.6. The molecule has 0 bridgehead atoms. The summed E-state index contributed by atoms with van der Waals surface area (Å²) in [5, 5.41) is 0. The Balaban J connectivity index is 2.43. The van der Waals surface area contributed by atoms with Gasteiger partial charge in [-0.1, -0.05) is 12.1 Å². The van der Waals surface area contributed by atoms with Crippen LogP contribution in [0.25, 0.3) is 0 Å². The van der Waals surface area contributed by atoms with Crippen LogP contribution >= 0.6 is 0 Å². The number of anilines is 1. The van der Waals surface area contributed by atoms with Crippen LogP contribution in [0.2, 0.25) is 0 Å². The van der Waals surface area contributed by atoms with Gasteiger partial charge in [-0.3, -0.25) is 4.90 Å². The van der Waals surface area contributed by atoms with Gasteiger partial charge in [0, 0.05) is 5.69 Å². The topological polar surface area (TPSA) is 78.0 Å². The molecule has 0 radical (unpaired) electrons. The van der Waals surface area contributed by atoms with Gasteiger partial charge in [0.25, 0.3) is 0 Å². The van der Waals surface area contributed by atoms with Gasteiger partial charge in [0.05, 0.1) is 26.3 Å². The highest BCUT2D eigenvalue weighted by molar-refractivity contribution is 5.92. The van der Waals surface area contributed by atoms with E-state index in [2.05, 4.69) is 4.98 Å². The zero-order chi connectivity index (χ0) is 20.9. The van der Waals surface area contributed by atoms with E-state index in [0.717, 1.165) is 5.56 Å². The number of nitrogens with zero attached hydrogens (tertiary/aromatic N) is 2. The van der Waals surface area contributed by atoms with Crippen LogP contribution in [-0.4, -0.2) is 36.9 Å². The molecule has 150 valence electrons. The number of aromatic nitrogens is 1. The zero-order valence-electron chi connectivity index (χ0n) is 17.1. The Kier molecular flexibility index (Phi) is 6.62. The molecule has 0 aliphatic rings. The van der Waals surface area contributed by atoms with Crippen molar-refractivity contribution in [3.63, 3.8) is 0 Å². The van der Waals surface area contributed by atoms with Crippen molar-refractivity contribution in [2.45, 2.75) is 39.8 Å². The van der Waals surface area contributed by atoms with Crippen LogP contribution in [0.3, 0.4) is 0 Å². The highest BCUT2D eigenvalue weighted by Crippen LogP contribution is 2.22. The van der Waals surface area contributed by atoms with Crippen molar-refractivity contribution in [1.82, 2.24) is 4.98 Å². The Morgan fingerprint density at radius 1 is 1.07 bits per heavy atom. The van der Waals surface area contributed by atoms with Gasteiger partial charge in [0.2, 0.25) is 0 Å². The maximum absolute atomic E-state index is 12.9. The lowest BCUT2D eigenvalue weighted by Crippen LogP contribution is -2.37. The molecule has 0 aliphatic heterocycles. The van der Waals surface area contributed by atoms with Gasteiger partial charge in [-0.2, -0.15) is 0 Å². The fourth-order valence-corrected chi connectivity index (χ4v) is 2.49. The first-order chi connectivity index (χ1) is 13.1. The molecule has 2 aromatic rings. The number of carbonyl (C=O) groups is 2. The molecule has 0 saturated carbocycles. The van der Waals surface area contributed by atoms with E-state index in [1.54, 1.807) is 40.9 Å². The Morgan fingerprint density at radius 3 is 2.25 bits per heavy atom. The van der Waals surface area contributed by atoms with E-state index >= 15 is 0 Å². The normalized spacial score (nSPS) is 10.9. The molecule has 7 nitrogen and oxygen atoms in total. The fourth-order valence-electron chi connectivity index (χ4n) is 2.49. The maximum atomic E-state index is 12.9. The molecule has 0 N–H and O–H groups in total. The Morgan fingerprint density at radius 2 is 1.71 bits per heavy atom. The van der Waals surface area contributed by atoms with Gasteiger partial charge in [0.1, 0.15) is 17.2 Å². The maximum Gasteiger partial charge on any atom is 0.416 e. The number of hydrogen-bond acceptors (Lipinski definition) is 6. The largest absolute Gasteiger partial charge is 0.497 e. The summed E-state index contributed by atoms with van der Waals surface area (Å²) in [4.78, 5) is 30.7. The van der Waals surface area contributed by atoms with E-state index in [1.807, 2.05) is 24.3 Å². The second-order valence-corrected chi connectivity index (χ2v) is 7.26. The number of methoxy groups -OCH3 is 2. The van der Waals surface area contributed by atoms with Crippen LogP contribution < -0.4 is 9.64 Å². The molecular weight excluding hydrogens is 360 g/mol. The van der Waals surface area contributed by atoms with Gasteiger partial charge >= 0.3 is 12.1 Å². The average molecular weight is 386 g/mol. The fraction of sp³-hybridized carbons (Fsp3) is 0.381. The predicted molar refractivity (Wildman–Crippen MR) is 106 cm³/mol. The molecule has 0 unspecified atom stereocenters. The molecule has 0 atom stereocenters. The minimum Gasteiger partial charge on any atom is -0.497 e. The first-order valence-electron chi connectivity index (χ1n) is 8.83. The third-order valence-electron chi connectivity index (χ3n) is 3.75. The number of ether oxygens (including phenoxy) is 3. The summed E-state index contributed by atoms with van der Waals surface area (Å²) in [5.74, 6) is 0.528. The number of pyridine rings is 1. The molecule has 2 rings (SSSR count). The molecule has 28 heavy (non-hydrogen) atoms. The third-order valence-corrected chi connectivity index (χ3v) is 3.75. The minimum atomic E-state index is -0.676. The van der Waals surface area contributed by atoms with Gasteiger partial charge in [-0.15, -0.1) is 0 Å². The predicted octanol–water partition coefficient (Wildman–Crippen LogP) is 4.13. The second-order valence-electron chi connectivity index (χ2n) is 7.26. The molecule has 1 aromatic heterocycles. The summed E-state index contributed by atoms with van der Waals surface area (Å²) >= 11 is 0. The van der Waals surface area contributed by atoms with Gasteiger partial charge in [-0.05, 0) is 57.5 Å². The molecule has 0 aliphatic carbocycles. The highest BCUT2D eigenvalue weighted by Gasteiger charge is 2.25. The molecule has 0 saturated heterocycles. The lowest BCUT2D eigenvalue weighted by molar-refractivity contribution is 0.0569. The smallest absolute Gasteiger partial charge is 0.416 e. The van der Waals surface area contributed by atoms with Crippen molar-refractivity contribution in [1.29, 1.82) is 0 Å². The van der Waals surface area contributed by atoms with E-state index in [9.17, 15) is 9.59 Å². The number of hydrogen-bond donors (Lipinski definition) is 0. The van der Waals surface area contributed by atoms with Crippen LogP contribution in [-0.2, 0) is 16.0 Å². The number of benzene rings is 1. The summed E-state index contributed by atoms with van der Waals surface area (Å²) in [7, 11) is 2.90. The average Bonchev–Trinajstić information content (AvgIpc) is 2.63. The number of esters is 1. The third kappa shape index (κ3) is 5.70. The van der Waals surface area contributed by atoms with Crippen LogP contribution in [0.15, 0.2) is 36.4 Å². The van der Waals surface area contributed by atoms with Crippen LogP contribution in [0.4, 0.5) is 10.6 Å². The Hall–Kier alpha value is -3.09. The van der Waals surface area contributed by atoms with Gasteiger partial charge in [0.15, 0.2) is 0 Å². The lowest BCUT2D eigenvalue weighted by Gasteiger charge is -2.27. The van der Waals surface area contributed by atoms with Gasteiger partial charge in [-0.25, -0.2) is 14.6 Å². The van der Waals surface area contributed by atoms with Crippen LogP contribution in [0, 0.1) is 6.92 Å². The Bertz CT molecular complexity index is 841. The van der Waals surface area contributed by atoms with E-state index in [-0.39, 0.29) is 6.54 Å². The van der Waals surface area contributed by atoms with Crippen molar-refractivity contribution in [2.24, 2.45) is 0 Å². The van der Waals surface area contributed by atoms with E-state index in [0.29, 0.717) is 22.8 Å². The number of rotatable bonds is 5. The first kappa shape index (κ1) is 21.2. The van der Waals surface area contributed by atoms with Crippen molar-refractivity contribution in [3.05, 3.63) is 53.2 Å². The molecule has 1 aromatic carbocycles. The van der Waals surface area contributed by atoms with E-state index in [1.165, 1.54) is 18.1 Å². The summed E-state index contributed by atoms with van der Waals surface area (Å²) in [6, 6.07) is 10.5. The van der Waals surface area contributed by atoms with Crippen LogP contribution in [0.1, 0.15) is 42.4 Å². The minimum absolute atomic E-state index is 0.218. The summed E-state index contributed by atoms with van der Waals surface area (Å²) in [5.41, 5.74) is 1.08. The molecule has 0 spiro atoms.